The normalized spacial score (nSPS) is 18.9. The lowest BCUT2D eigenvalue weighted by Gasteiger charge is -2.20. The molecule has 0 radical (unpaired) electrons. The minimum absolute atomic E-state index is 0.0332. The first-order valence-corrected chi connectivity index (χ1v) is 6.55. The molecule has 0 bridgehead atoms. The van der Waals surface area contributed by atoms with Crippen molar-refractivity contribution in [3.63, 3.8) is 0 Å². The van der Waals surface area contributed by atoms with Gasteiger partial charge in [-0.25, -0.2) is 4.39 Å². The number of halogens is 1. The van der Waals surface area contributed by atoms with Crippen LogP contribution in [0.25, 0.3) is 0 Å². The maximum atomic E-state index is 13.4. The Labute approximate surface area is 116 Å². The molecule has 0 saturated carbocycles. The van der Waals surface area contributed by atoms with Gasteiger partial charge in [-0.1, -0.05) is 18.2 Å². The molecule has 2 rings (SSSR count). The average molecular weight is 280 g/mol. The van der Waals surface area contributed by atoms with Gasteiger partial charge < -0.3 is 10.4 Å². The minimum Gasteiger partial charge on any atom is -0.480 e. The molecule has 0 spiro atoms. The largest absolute Gasteiger partial charge is 0.480 e. The molecule has 0 aliphatic carbocycles. The Hall–Kier alpha value is -1.95. The van der Waals surface area contributed by atoms with E-state index in [1.807, 2.05) is 0 Å². The smallest absolute Gasteiger partial charge is 0.320 e. The van der Waals surface area contributed by atoms with Crippen molar-refractivity contribution in [3.05, 3.63) is 35.6 Å². The van der Waals surface area contributed by atoms with Crippen molar-refractivity contribution >= 4 is 11.9 Å². The minimum atomic E-state index is -0.899. The van der Waals surface area contributed by atoms with E-state index in [9.17, 15) is 14.0 Å². The highest BCUT2D eigenvalue weighted by molar-refractivity contribution is 5.80. The maximum Gasteiger partial charge on any atom is 0.320 e. The van der Waals surface area contributed by atoms with Gasteiger partial charge in [-0.2, -0.15) is 0 Å². The molecule has 1 atom stereocenters. The zero-order valence-corrected chi connectivity index (χ0v) is 11.0. The lowest BCUT2D eigenvalue weighted by Crippen LogP contribution is -2.42. The van der Waals surface area contributed by atoms with Gasteiger partial charge in [0.25, 0.3) is 0 Å². The summed E-state index contributed by atoms with van der Waals surface area (Å²) in [6.07, 6.45) is 1.34. The van der Waals surface area contributed by atoms with Crippen LogP contribution in [0.3, 0.4) is 0 Å². The van der Waals surface area contributed by atoms with Gasteiger partial charge >= 0.3 is 5.97 Å². The molecule has 1 aliphatic rings. The Morgan fingerprint density at radius 2 is 2.15 bits per heavy atom. The molecule has 1 aromatic carbocycles. The van der Waals surface area contributed by atoms with E-state index in [-0.39, 0.29) is 24.8 Å². The summed E-state index contributed by atoms with van der Waals surface area (Å²) < 4.78 is 13.4. The zero-order valence-electron chi connectivity index (χ0n) is 11.0. The van der Waals surface area contributed by atoms with E-state index in [0.717, 1.165) is 6.42 Å². The molecular formula is C14H17FN2O3. The van der Waals surface area contributed by atoms with E-state index in [2.05, 4.69) is 5.32 Å². The number of benzene rings is 1. The summed E-state index contributed by atoms with van der Waals surface area (Å²) in [5.41, 5.74) is 0.414. The Kier molecular flexibility index (Phi) is 4.68. The summed E-state index contributed by atoms with van der Waals surface area (Å²) in [7, 11) is 0. The fourth-order valence-electron chi connectivity index (χ4n) is 2.37. The van der Waals surface area contributed by atoms with Crippen molar-refractivity contribution in [2.24, 2.45) is 0 Å². The van der Waals surface area contributed by atoms with Crippen LogP contribution in [-0.2, 0) is 16.1 Å². The Morgan fingerprint density at radius 1 is 1.40 bits per heavy atom. The summed E-state index contributed by atoms with van der Waals surface area (Å²) in [5.74, 6) is -1.55. The molecule has 1 heterocycles. The van der Waals surface area contributed by atoms with Crippen molar-refractivity contribution in [2.75, 3.05) is 13.1 Å². The summed E-state index contributed by atoms with van der Waals surface area (Å²) in [6, 6.07) is 5.64. The van der Waals surface area contributed by atoms with Crippen molar-refractivity contribution in [1.82, 2.24) is 10.2 Å². The molecule has 1 fully saturated rings. The lowest BCUT2D eigenvalue weighted by atomic mass is 10.2. The van der Waals surface area contributed by atoms with Crippen LogP contribution < -0.4 is 5.32 Å². The second-order valence-corrected chi connectivity index (χ2v) is 4.83. The fraction of sp³-hybridized carbons (Fsp3) is 0.429. The standard InChI is InChI=1S/C14H17FN2O3/c15-11-5-2-1-4-10(11)8-16-13(18)9-17-7-3-6-12(17)14(19)20/h1-2,4-5,12H,3,6-9H2,(H,16,18)(H,19,20). The van der Waals surface area contributed by atoms with Crippen LogP contribution in [0.1, 0.15) is 18.4 Å². The number of carboxylic acid groups (broad SMARTS) is 1. The highest BCUT2D eigenvalue weighted by Gasteiger charge is 2.31. The topological polar surface area (TPSA) is 69.6 Å². The first kappa shape index (κ1) is 14.5. The van der Waals surface area contributed by atoms with Gasteiger partial charge in [0, 0.05) is 12.1 Å². The van der Waals surface area contributed by atoms with Gasteiger partial charge in [0.05, 0.1) is 6.54 Å². The van der Waals surface area contributed by atoms with Crippen LogP contribution in [-0.4, -0.2) is 41.0 Å². The molecule has 1 amide bonds. The molecule has 5 nitrogen and oxygen atoms in total. The Bertz CT molecular complexity index is 507. The number of carbonyl (C=O) groups is 2. The van der Waals surface area contributed by atoms with Crippen molar-refractivity contribution in [2.45, 2.75) is 25.4 Å². The molecule has 108 valence electrons. The number of nitrogens with zero attached hydrogens (tertiary/aromatic N) is 1. The van der Waals surface area contributed by atoms with Gasteiger partial charge in [-0.15, -0.1) is 0 Å². The van der Waals surface area contributed by atoms with Gasteiger partial charge in [-0.05, 0) is 25.5 Å². The lowest BCUT2D eigenvalue weighted by molar-refractivity contribution is -0.142. The highest BCUT2D eigenvalue weighted by atomic mass is 19.1. The van der Waals surface area contributed by atoms with Gasteiger partial charge in [-0.3, -0.25) is 14.5 Å². The first-order valence-electron chi connectivity index (χ1n) is 6.55. The van der Waals surface area contributed by atoms with Crippen LogP contribution in [0, 0.1) is 5.82 Å². The number of carboxylic acids is 1. The number of likely N-dealkylation sites (tertiary alicyclic amines) is 1. The van der Waals surface area contributed by atoms with Crippen molar-refractivity contribution in [3.8, 4) is 0 Å². The van der Waals surface area contributed by atoms with Crippen molar-refractivity contribution in [1.29, 1.82) is 0 Å². The van der Waals surface area contributed by atoms with E-state index in [4.69, 9.17) is 5.11 Å². The van der Waals surface area contributed by atoms with Crippen LogP contribution in [0.2, 0.25) is 0 Å². The number of aliphatic carboxylic acids is 1. The third kappa shape index (κ3) is 3.54. The predicted molar refractivity (Wildman–Crippen MR) is 70.5 cm³/mol. The fourth-order valence-corrected chi connectivity index (χ4v) is 2.37. The molecule has 1 aromatic rings. The van der Waals surface area contributed by atoms with Gasteiger partial charge in [0.2, 0.25) is 5.91 Å². The average Bonchev–Trinajstić information content (AvgIpc) is 2.86. The van der Waals surface area contributed by atoms with Gasteiger partial charge in [0.15, 0.2) is 0 Å². The predicted octanol–water partition coefficient (Wildman–Crippen LogP) is 0.991. The number of amides is 1. The molecule has 1 saturated heterocycles. The highest BCUT2D eigenvalue weighted by Crippen LogP contribution is 2.16. The number of carbonyl (C=O) groups excluding carboxylic acids is 1. The van der Waals surface area contributed by atoms with E-state index in [1.54, 1.807) is 23.1 Å². The van der Waals surface area contributed by atoms with Crippen LogP contribution in [0.5, 0.6) is 0 Å². The van der Waals surface area contributed by atoms with Crippen molar-refractivity contribution < 1.29 is 19.1 Å². The third-order valence-corrected chi connectivity index (χ3v) is 3.43. The molecule has 1 aliphatic heterocycles. The number of rotatable bonds is 5. The van der Waals surface area contributed by atoms with Gasteiger partial charge in [0.1, 0.15) is 11.9 Å². The Balaban J connectivity index is 1.84. The SMILES string of the molecule is O=C(CN1CCCC1C(=O)O)NCc1ccccc1F. The number of nitrogens with one attached hydrogen (secondary N) is 1. The quantitative estimate of drug-likeness (QED) is 0.844. The molecule has 0 aromatic heterocycles. The van der Waals surface area contributed by atoms with Crippen LogP contribution in [0.4, 0.5) is 4.39 Å². The molecule has 20 heavy (non-hydrogen) atoms. The molecule has 2 N–H and O–H groups in total. The van der Waals surface area contributed by atoms with E-state index < -0.39 is 12.0 Å². The van der Waals surface area contributed by atoms with E-state index >= 15 is 0 Å². The van der Waals surface area contributed by atoms with E-state index in [1.165, 1.54) is 6.07 Å². The zero-order chi connectivity index (χ0) is 14.5. The molecular weight excluding hydrogens is 263 g/mol. The number of hydrogen-bond acceptors (Lipinski definition) is 3. The molecule has 6 heteroatoms. The summed E-state index contributed by atoms with van der Waals surface area (Å²) >= 11 is 0. The van der Waals surface area contributed by atoms with Crippen LogP contribution >= 0.6 is 0 Å². The second kappa shape index (κ2) is 6.47. The second-order valence-electron chi connectivity index (χ2n) is 4.83. The van der Waals surface area contributed by atoms with E-state index in [0.29, 0.717) is 18.5 Å². The summed E-state index contributed by atoms with van der Waals surface area (Å²) in [5, 5.41) is 11.6. The van der Waals surface area contributed by atoms with Crippen LogP contribution in [0.15, 0.2) is 24.3 Å². The Morgan fingerprint density at radius 3 is 2.85 bits per heavy atom. The summed E-state index contributed by atoms with van der Waals surface area (Å²) in [6.45, 7) is 0.743. The first-order chi connectivity index (χ1) is 9.58. The molecule has 1 unspecified atom stereocenters. The maximum absolute atomic E-state index is 13.4. The third-order valence-electron chi connectivity index (χ3n) is 3.43. The monoisotopic (exact) mass is 280 g/mol. The number of hydrogen-bond donors (Lipinski definition) is 2. The summed E-state index contributed by atoms with van der Waals surface area (Å²) in [4.78, 5) is 24.4.